The number of likely N-dealkylation sites (tertiary alicyclic amines) is 1. The largest absolute Gasteiger partial charge is 0.378 e. The van der Waals surface area contributed by atoms with Crippen molar-refractivity contribution in [2.45, 2.75) is 6.04 Å². The number of nitrogens with zero attached hydrogens (tertiary/aromatic N) is 3. The molecule has 0 saturated carbocycles. The van der Waals surface area contributed by atoms with Crippen molar-refractivity contribution in [3.8, 4) is 0 Å². The molecule has 7 heteroatoms. The van der Waals surface area contributed by atoms with Crippen LogP contribution < -0.4 is 20.7 Å². The molecule has 2 amide bonds. The van der Waals surface area contributed by atoms with Crippen LogP contribution in [0.1, 0.15) is 0 Å². The van der Waals surface area contributed by atoms with Crippen molar-refractivity contribution in [1.82, 2.24) is 10.3 Å². The lowest BCUT2D eigenvalue weighted by atomic mass is 9.84. The fourth-order valence-corrected chi connectivity index (χ4v) is 4.15. The van der Waals surface area contributed by atoms with E-state index < -0.39 is 0 Å². The lowest BCUT2D eigenvalue weighted by Crippen LogP contribution is -2.55. The highest BCUT2D eigenvalue weighted by molar-refractivity contribution is 6.00. The number of anilines is 3. The summed E-state index contributed by atoms with van der Waals surface area (Å²) in [5.41, 5.74) is 5.94. The molecule has 2 N–H and O–H groups in total. The van der Waals surface area contributed by atoms with Crippen LogP contribution in [-0.2, 0) is 9.59 Å². The van der Waals surface area contributed by atoms with Crippen molar-refractivity contribution in [2.75, 3.05) is 49.5 Å². The van der Waals surface area contributed by atoms with E-state index in [1.807, 2.05) is 80.6 Å². The zero-order valence-electron chi connectivity index (χ0n) is 17.0. The molecule has 0 radical (unpaired) electrons. The second kappa shape index (κ2) is 7.85. The van der Waals surface area contributed by atoms with Crippen LogP contribution in [0.5, 0.6) is 0 Å². The summed E-state index contributed by atoms with van der Waals surface area (Å²) in [5, 5.41) is 4.62. The molecule has 3 atom stereocenters. The minimum Gasteiger partial charge on any atom is -0.378 e. The predicted octanol–water partition coefficient (Wildman–Crippen LogP) is 1.79. The van der Waals surface area contributed by atoms with Crippen molar-refractivity contribution in [2.24, 2.45) is 11.8 Å². The average molecular weight is 393 g/mol. The molecule has 0 aromatic heterocycles. The first kappa shape index (κ1) is 19.4. The average Bonchev–Trinajstić information content (AvgIpc) is 3.05. The molecular formula is C22H27N5O2. The summed E-state index contributed by atoms with van der Waals surface area (Å²) in [5.74, 6) is -0.633. The fraction of sp³-hybridized carbons (Fsp3) is 0.364. The van der Waals surface area contributed by atoms with Gasteiger partial charge in [-0.15, -0.1) is 0 Å². The highest BCUT2D eigenvalue weighted by Gasteiger charge is 2.50. The Balaban J connectivity index is 1.52. The Labute approximate surface area is 171 Å². The number of hydrogen-bond acceptors (Lipinski definition) is 5. The Morgan fingerprint density at radius 2 is 1.76 bits per heavy atom. The summed E-state index contributed by atoms with van der Waals surface area (Å²) < 4.78 is 0. The molecule has 7 nitrogen and oxygen atoms in total. The van der Waals surface area contributed by atoms with Crippen molar-refractivity contribution in [3.63, 3.8) is 0 Å². The van der Waals surface area contributed by atoms with Gasteiger partial charge in [0.15, 0.2) is 0 Å². The van der Waals surface area contributed by atoms with Gasteiger partial charge in [-0.25, -0.2) is 10.4 Å². The third-order valence-electron chi connectivity index (χ3n) is 5.70. The van der Waals surface area contributed by atoms with Gasteiger partial charge in [0.1, 0.15) is 0 Å². The molecule has 29 heavy (non-hydrogen) atoms. The Morgan fingerprint density at radius 1 is 1.07 bits per heavy atom. The van der Waals surface area contributed by atoms with E-state index in [-0.39, 0.29) is 29.7 Å². The molecule has 2 aromatic carbocycles. The number of nitrogens with one attached hydrogen (secondary N) is 2. The lowest BCUT2D eigenvalue weighted by Gasteiger charge is -2.36. The van der Waals surface area contributed by atoms with Gasteiger partial charge < -0.3 is 15.1 Å². The minimum atomic E-state index is -0.329. The molecule has 152 valence electrons. The normalized spacial score (nSPS) is 24.3. The third kappa shape index (κ3) is 3.83. The van der Waals surface area contributed by atoms with Gasteiger partial charge in [0.2, 0.25) is 11.8 Å². The van der Waals surface area contributed by atoms with Gasteiger partial charge in [0, 0.05) is 38.6 Å². The van der Waals surface area contributed by atoms with Crippen LogP contribution in [0, 0.1) is 11.8 Å². The zero-order valence-corrected chi connectivity index (χ0v) is 17.0. The maximum Gasteiger partial charge on any atom is 0.247 e. The van der Waals surface area contributed by atoms with Crippen LogP contribution in [0.4, 0.5) is 17.1 Å². The van der Waals surface area contributed by atoms with Gasteiger partial charge >= 0.3 is 0 Å². The van der Waals surface area contributed by atoms with Gasteiger partial charge in [0.05, 0.1) is 23.6 Å². The van der Waals surface area contributed by atoms with E-state index in [1.165, 1.54) is 0 Å². The number of hydrazine groups is 1. The highest BCUT2D eigenvalue weighted by Crippen LogP contribution is 2.32. The van der Waals surface area contributed by atoms with E-state index in [0.717, 1.165) is 17.1 Å². The van der Waals surface area contributed by atoms with Crippen LogP contribution in [0.15, 0.2) is 54.6 Å². The molecule has 2 fully saturated rings. The first-order chi connectivity index (χ1) is 13.9. The van der Waals surface area contributed by atoms with Crippen LogP contribution >= 0.6 is 0 Å². The Hall–Kier alpha value is -2.90. The Bertz CT molecular complexity index is 884. The van der Waals surface area contributed by atoms with Crippen LogP contribution in [-0.4, -0.2) is 57.0 Å². The zero-order chi connectivity index (χ0) is 20.5. The molecule has 3 unspecified atom stereocenters. The smallest absolute Gasteiger partial charge is 0.247 e. The summed E-state index contributed by atoms with van der Waals surface area (Å²) in [4.78, 5) is 30.2. The molecule has 2 aliphatic heterocycles. The second-order valence-electron chi connectivity index (χ2n) is 8.03. The van der Waals surface area contributed by atoms with Crippen LogP contribution in [0.3, 0.4) is 0 Å². The number of amides is 2. The molecule has 2 heterocycles. The Morgan fingerprint density at radius 3 is 2.41 bits per heavy atom. The summed E-state index contributed by atoms with van der Waals surface area (Å²) in [6.07, 6.45) is 0. The van der Waals surface area contributed by atoms with Gasteiger partial charge in [0.25, 0.3) is 0 Å². The molecule has 2 aliphatic rings. The van der Waals surface area contributed by atoms with Gasteiger partial charge in [-0.1, -0.05) is 18.2 Å². The second-order valence-corrected chi connectivity index (χ2v) is 8.03. The third-order valence-corrected chi connectivity index (χ3v) is 5.70. The molecule has 2 saturated heterocycles. The number of para-hydroxylation sites is 1. The standard InChI is InChI=1S/C22H27N5O2/c1-25(2)16-11-9-15(10-12-16)23-21(28)18-13-26(3)14-19-20(18)24-27(22(19)29)17-7-5-4-6-8-17/h4-12,18-20,24H,13-14H2,1-3H3,(H,23,28). The number of rotatable bonds is 4. The maximum atomic E-state index is 13.1. The number of carbonyl (C=O) groups excluding carboxylic acids is 2. The van der Waals surface area contributed by atoms with Crippen molar-refractivity contribution < 1.29 is 9.59 Å². The monoisotopic (exact) mass is 393 g/mol. The Kier molecular flexibility index (Phi) is 5.25. The predicted molar refractivity (Wildman–Crippen MR) is 115 cm³/mol. The van der Waals surface area contributed by atoms with Gasteiger partial charge in [-0.2, -0.15) is 0 Å². The van der Waals surface area contributed by atoms with Crippen LogP contribution in [0.25, 0.3) is 0 Å². The van der Waals surface area contributed by atoms with E-state index >= 15 is 0 Å². The number of piperidine rings is 1. The molecule has 0 spiro atoms. The summed E-state index contributed by atoms with van der Waals surface area (Å²) in [6, 6.07) is 17.0. The fourth-order valence-electron chi connectivity index (χ4n) is 4.15. The van der Waals surface area contributed by atoms with Crippen molar-refractivity contribution >= 4 is 28.9 Å². The lowest BCUT2D eigenvalue weighted by molar-refractivity contribution is -0.125. The van der Waals surface area contributed by atoms with E-state index in [1.54, 1.807) is 5.01 Å². The van der Waals surface area contributed by atoms with E-state index in [0.29, 0.717) is 13.1 Å². The van der Waals surface area contributed by atoms with Gasteiger partial charge in [-0.3, -0.25) is 9.59 Å². The van der Waals surface area contributed by atoms with E-state index in [2.05, 4.69) is 15.6 Å². The summed E-state index contributed by atoms with van der Waals surface area (Å²) in [6.45, 7) is 1.24. The van der Waals surface area contributed by atoms with Crippen molar-refractivity contribution in [3.05, 3.63) is 54.6 Å². The van der Waals surface area contributed by atoms with Crippen LogP contribution in [0.2, 0.25) is 0 Å². The first-order valence-corrected chi connectivity index (χ1v) is 9.86. The minimum absolute atomic E-state index is 0.0147. The maximum absolute atomic E-state index is 13.1. The number of hydrogen-bond donors (Lipinski definition) is 2. The van der Waals surface area contributed by atoms with Crippen molar-refractivity contribution in [1.29, 1.82) is 0 Å². The first-order valence-electron chi connectivity index (χ1n) is 9.86. The molecular weight excluding hydrogens is 366 g/mol. The number of fused-ring (bicyclic) bond motifs is 1. The molecule has 0 bridgehead atoms. The quantitative estimate of drug-likeness (QED) is 0.829. The number of benzene rings is 2. The molecule has 0 aliphatic carbocycles. The molecule has 2 aromatic rings. The summed E-state index contributed by atoms with van der Waals surface area (Å²) >= 11 is 0. The van der Waals surface area contributed by atoms with E-state index in [9.17, 15) is 9.59 Å². The topological polar surface area (TPSA) is 67.9 Å². The van der Waals surface area contributed by atoms with Gasteiger partial charge in [-0.05, 0) is 43.4 Å². The molecule has 4 rings (SSSR count). The highest BCUT2D eigenvalue weighted by atomic mass is 16.2. The SMILES string of the molecule is CN1CC(C(=O)Nc2ccc(N(C)C)cc2)C2NN(c3ccccc3)C(=O)C2C1. The number of carbonyl (C=O) groups is 2. The summed E-state index contributed by atoms with van der Waals surface area (Å²) in [7, 11) is 5.92. The van der Waals surface area contributed by atoms with E-state index in [4.69, 9.17) is 0 Å².